The number of hydrogen-bond donors (Lipinski definition) is 4. The van der Waals surface area contributed by atoms with Crippen molar-refractivity contribution in [1.82, 2.24) is 80.1 Å². The maximum absolute atomic E-state index is 11.0. The van der Waals surface area contributed by atoms with E-state index in [9.17, 15) is 5.11 Å². The van der Waals surface area contributed by atoms with Crippen LogP contribution >= 0.6 is 0 Å². The maximum atomic E-state index is 11.0. The number of H-pyrrole nitrogens is 1. The minimum atomic E-state index is -0.418. The first kappa shape index (κ1) is 40.4. The van der Waals surface area contributed by atoms with Gasteiger partial charge in [-0.25, -0.2) is 24.3 Å². The van der Waals surface area contributed by atoms with E-state index in [0.717, 1.165) is 72.1 Å². The van der Waals surface area contributed by atoms with Crippen molar-refractivity contribution in [1.29, 1.82) is 0 Å². The number of aryl methyl sites for hydroxylation is 4. The first-order chi connectivity index (χ1) is 29.6. The SMILES string of the molecule is COCCCn1nnnc1C(NCCCn1ccnc1)c1ccc2c(COCCCn3nnnc3C(NCCCn3ccnc3)c3ccc4[nH]ccc4c3)ccc(O)c2n1. The van der Waals surface area contributed by atoms with Gasteiger partial charge >= 0.3 is 0 Å². The zero-order chi connectivity index (χ0) is 40.9. The van der Waals surface area contributed by atoms with Crippen LogP contribution in [0.25, 0.3) is 21.8 Å². The normalized spacial score (nSPS) is 12.8. The summed E-state index contributed by atoms with van der Waals surface area (Å²) in [6.45, 7) is 5.67. The molecule has 4 N–H and O–H groups in total. The molecule has 0 fully saturated rings. The molecule has 2 unspecified atom stereocenters. The lowest BCUT2D eigenvalue weighted by atomic mass is 10.0. The monoisotopic (exact) mass is 814 g/mol. The Bertz CT molecular complexity index is 2510. The Morgan fingerprint density at radius 3 is 2.15 bits per heavy atom. The molecular formula is C41H50N16O3. The number of tetrazole rings is 2. The van der Waals surface area contributed by atoms with Crippen molar-refractivity contribution >= 4 is 21.8 Å². The second kappa shape index (κ2) is 20.0. The van der Waals surface area contributed by atoms with Gasteiger partial charge in [0, 0.05) is 88.4 Å². The third-order valence-corrected chi connectivity index (χ3v) is 10.4. The smallest absolute Gasteiger partial charge is 0.174 e. The number of hydrogen-bond acceptors (Lipinski definition) is 14. The van der Waals surface area contributed by atoms with Gasteiger partial charge < -0.3 is 39.3 Å². The number of phenols is 1. The first-order valence-electron chi connectivity index (χ1n) is 20.3. The number of imidazole rings is 2. The number of aromatic amines is 1. The number of fused-ring (bicyclic) bond motifs is 2. The van der Waals surface area contributed by atoms with E-state index in [1.807, 2.05) is 52.4 Å². The fraction of sp³-hybridized carbons (Fsp3) is 0.390. The number of aromatic nitrogens is 14. The molecule has 0 aliphatic carbocycles. The number of ether oxygens (including phenoxy) is 2. The molecule has 8 rings (SSSR count). The van der Waals surface area contributed by atoms with E-state index in [2.05, 4.69) is 85.5 Å². The highest BCUT2D eigenvalue weighted by molar-refractivity contribution is 5.87. The minimum Gasteiger partial charge on any atom is -0.506 e. The first-order valence-corrected chi connectivity index (χ1v) is 20.3. The standard InChI is InChI=1S/C41H50N16O3/c1-59-24-4-20-57-41(49-51-53-57)39(46-14-3-19-55-23-17-43-29-55)35-10-8-33-32(7-11-36(58)38(33)47-35)27-60-25-5-21-56-40(48-50-52-56)37(45-13-2-18-54-22-16-42-28-54)31-6-9-34-30(26-31)12-15-44-34/h6-12,15-17,22-23,26,28-29,37,39,44-46,58H,2-5,13-14,18-21,24-25,27H2,1H3. The third kappa shape index (κ3) is 9.88. The van der Waals surface area contributed by atoms with E-state index in [0.29, 0.717) is 62.9 Å². The predicted molar refractivity (Wildman–Crippen MR) is 221 cm³/mol. The van der Waals surface area contributed by atoms with Crippen molar-refractivity contribution in [2.45, 2.75) is 70.6 Å². The molecule has 19 nitrogen and oxygen atoms in total. The van der Waals surface area contributed by atoms with Gasteiger partial charge in [-0.3, -0.25) is 0 Å². The minimum absolute atomic E-state index is 0.0842. The fourth-order valence-electron chi connectivity index (χ4n) is 7.37. The third-order valence-electron chi connectivity index (χ3n) is 10.4. The molecule has 0 aliphatic rings. The van der Waals surface area contributed by atoms with Gasteiger partial charge in [-0.1, -0.05) is 18.2 Å². The largest absolute Gasteiger partial charge is 0.506 e. The molecule has 0 bridgehead atoms. The Hall–Kier alpha value is -6.41. The lowest BCUT2D eigenvalue weighted by molar-refractivity contribution is 0.115. The van der Waals surface area contributed by atoms with Gasteiger partial charge in [0.15, 0.2) is 11.6 Å². The van der Waals surface area contributed by atoms with E-state index in [4.69, 9.17) is 14.5 Å². The molecule has 0 spiro atoms. The fourth-order valence-corrected chi connectivity index (χ4v) is 7.37. The van der Waals surface area contributed by atoms with Crippen LogP contribution in [-0.4, -0.2) is 108 Å². The Morgan fingerprint density at radius 2 is 1.45 bits per heavy atom. The van der Waals surface area contributed by atoms with Crippen LogP contribution in [0.4, 0.5) is 0 Å². The van der Waals surface area contributed by atoms with Gasteiger partial charge in [-0.05, 0) is 106 Å². The zero-order valence-electron chi connectivity index (χ0n) is 33.6. The summed E-state index contributed by atoms with van der Waals surface area (Å²) in [5.74, 6) is 1.47. The van der Waals surface area contributed by atoms with Crippen molar-refractivity contribution in [3.63, 3.8) is 0 Å². The van der Waals surface area contributed by atoms with Crippen LogP contribution in [0.5, 0.6) is 5.75 Å². The molecule has 6 heterocycles. The number of rotatable bonds is 24. The van der Waals surface area contributed by atoms with Crippen LogP contribution in [0.3, 0.4) is 0 Å². The molecule has 2 atom stereocenters. The van der Waals surface area contributed by atoms with Crippen LogP contribution in [0.1, 0.15) is 66.2 Å². The quantitative estimate of drug-likeness (QED) is 0.0636. The Kier molecular flexibility index (Phi) is 13.5. The van der Waals surface area contributed by atoms with Gasteiger partial charge in [0.25, 0.3) is 0 Å². The second-order valence-corrected chi connectivity index (χ2v) is 14.6. The van der Waals surface area contributed by atoms with Gasteiger partial charge in [-0.2, -0.15) is 0 Å². The summed E-state index contributed by atoms with van der Waals surface area (Å²) in [4.78, 5) is 16.6. The van der Waals surface area contributed by atoms with E-state index in [1.54, 1.807) is 36.6 Å². The molecule has 0 radical (unpaired) electrons. The Morgan fingerprint density at radius 1 is 0.750 bits per heavy atom. The maximum Gasteiger partial charge on any atom is 0.174 e. The number of aromatic hydroxyl groups is 1. The summed E-state index contributed by atoms with van der Waals surface area (Å²) in [5, 5.41) is 45.9. The summed E-state index contributed by atoms with van der Waals surface area (Å²) in [6.07, 6.45) is 16.3. The van der Waals surface area contributed by atoms with Crippen molar-refractivity contribution in [3.8, 4) is 5.75 Å². The lowest BCUT2D eigenvalue weighted by Crippen LogP contribution is -2.28. The van der Waals surface area contributed by atoms with Gasteiger partial charge in [-0.15, -0.1) is 10.2 Å². The molecule has 2 aromatic carbocycles. The topological polar surface area (TPSA) is 214 Å². The molecule has 0 saturated heterocycles. The average Bonchev–Trinajstić information content (AvgIpc) is 4.14. The van der Waals surface area contributed by atoms with Crippen molar-refractivity contribution in [2.75, 3.05) is 33.4 Å². The number of phenolic OH excluding ortho intramolecular Hbond substituents is 1. The van der Waals surface area contributed by atoms with Crippen LogP contribution in [0, 0.1) is 0 Å². The van der Waals surface area contributed by atoms with Crippen molar-refractivity contribution in [2.24, 2.45) is 0 Å². The lowest BCUT2D eigenvalue weighted by Gasteiger charge is -2.19. The predicted octanol–water partition coefficient (Wildman–Crippen LogP) is 3.97. The number of nitrogens with zero attached hydrogens (tertiary/aromatic N) is 13. The summed E-state index contributed by atoms with van der Waals surface area (Å²) in [7, 11) is 1.68. The average molecular weight is 815 g/mol. The molecule has 0 amide bonds. The molecule has 312 valence electrons. The summed E-state index contributed by atoms with van der Waals surface area (Å²) in [5.41, 5.74) is 4.25. The second-order valence-electron chi connectivity index (χ2n) is 14.6. The zero-order valence-corrected chi connectivity index (χ0v) is 33.6. The van der Waals surface area contributed by atoms with E-state index >= 15 is 0 Å². The molecular weight excluding hydrogens is 765 g/mol. The summed E-state index contributed by atoms with van der Waals surface area (Å²) < 4.78 is 19.2. The van der Waals surface area contributed by atoms with Crippen LogP contribution in [0.15, 0.2) is 92.2 Å². The highest BCUT2D eigenvalue weighted by Gasteiger charge is 2.24. The highest BCUT2D eigenvalue weighted by Crippen LogP contribution is 2.30. The number of methoxy groups -OCH3 is 1. The highest BCUT2D eigenvalue weighted by atomic mass is 16.5. The molecule has 6 aromatic heterocycles. The summed E-state index contributed by atoms with van der Waals surface area (Å²) in [6, 6.07) is 15.3. The number of benzene rings is 2. The molecule has 19 heteroatoms. The van der Waals surface area contributed by atoms with Gasteiger partial charge in [0.1, 0.15) is 17.3 Å². The van der Waals surface area contributed by atoms with Gasteiger partial charge in [0.2, 0.25) is 0 Å². The van der Waals surface area contributed by atoms with Crippen molar-refractivity contribution < 1.29 is 14.6 Å². The Balaban J connectivity index is 0.919. The molecule has 60 heavy (non-hydrogen) atoms. The van der Waals surface area contributed by atoms with E-state index in [-0.39, 0.29) is 11.8 Å². The van der Waals surface area contributed by atoms with Crippen LogP contribution < -0.4 is 10.6 Å². The number of nitrogens with one attached hydrogen (secondary N) is 3. The molecule has 0 aliphatic heterocycles. The number of pyridine rings is 1. The van der Waals surface area contributed by atoms with E-state index < -0.39 is 6.04 Å². The van der Waals surface area contributed by atoms with Crippen LogP contribution in [-0.2, 0) is 42.3 Å². The molecule has 8 aromatic rings. The Labute approximate surface area is 346 Å². The summed E-state index contributed by atoms with van der Waals surface area (Å²) >= 11 is 0. The molecule has 0 saturated carbocycles. The van der Waals surface area contributed by atoms with Crippen molar-refractivity contribution in [3.05, 3.63) is 121 Å². The van der Waals surface area contributed by atoms with Crippen LogP contribution in [0.2, 0.25) is 0 Å². The van der Waals surface area contributed by atoms with Gasteiger partial charge in [0.05, 0.1) is 31.0 Å². The van der Waals surface area contributed by atoms with E-state index in [1.165, 1.54) is 0 Å².